The first-order valence-corrected chi connectivity index (χ1v) is 9.83. The van der Waals surface area contributed by atoms with Crippen LogP contribution in [-0.4, -0.2) is 8.32 Å². The van der Waals surface area contributed by atoms with E-state index < -0.39 is 14.0 Å². The van der Waals surface area contributed by atoms with E-state index in [0.29, 0.717) is 0 Å². The molecular formula is C16H19NOSi. The van der Waals surface area contributed by atoms with Crippen LogP contribution in [0.2, 0.25) is 19.6 Å². The van der Waals surface area contributed by atoms with Crippen LogP contribution < -0.4 is 0 Å². The van der Waals surface area contributed by atoms with E-state index in [1.807, 2.05) is 25.1 Å². The van der Waals surface area contributed by atoms with Gasteiger partial charge in [0.1, 0.15) is 0 Å². The summed E-state index contributed by atoms with van der Waals surface area (Å²) >= 11 is 0. The first-order chi connectivity index (χ1) is 8.84. The van der Waals surface area contributed by atoms with Gasteiger partial charge in [0, 0.05) is 6.92 Å². The van der Waals surface area contributed by atoms with Crippen LogP contribution in [0.25, 0.3) is 15.6 Å². The summed E-state index contributed by atoms with van der Waals surface area (Å²) in [6.07, 6.45) is 0. The quantitative estimate of drug-likeness (QED) is 0.577. The molecule has 0 saturated heterocycles. The molecule has 0 aromatic heterocycles. The van der Waals surface area contributed by atoms with E-state index in [4.69, 9.17) is 11.0 Å². The van der Waals surface area contributed by atoms with Crippen LogP contribution in [0.5, 0.6) is 0 Å². The fourth-order valence-electron chi connectivity index (χ4n) is 2.22. The maximum absolute atomic E-state index is 7.50. The van der Waals surface area contributed by atoms with Gasteiger partial charge in [-0.25, -0.2) is 6.57 Å². The highest BCUT2D eigenvalue weighted by atomic mass is 28.4. The summed E-state index contributed by atoms with van der Waals surface area (Å²) < 4.78 is 6.09. The van der Waals surface area contributed by atoms with Gasteiger partial charge in [-0.3, -0.25) is 4.85 Å². The van der Waals surface area contributed by atoms with E-state index in [9.17, 15) is 0 Å². The predicted molar refractivity (Wildman–Crippen MR) is 82.3 cm³/mol. The second-order valence-corrected chi connectivity index (χ2v) is 10.3. The minimum absolute atomic E-state index is 0.880. The second kappa shape index (κ2) is 4.80. The molecule has 0 fully saturated rings. The molecule has 3 heteroatoms. The van der Waals surface area contributed by atoms with Crippen molar-refractivity contribution in [3.05, 3.63) is 59.4 Å². The molecule has 0 aliphatic carbocycles. The van der Waals surface area contributed by atoms with Crippen LogP contribution >= 0.6 is 0 Å². The Morgan fingerprint density at radius 1 is 1.05 bits per heavy atom. The molecule has 1 unspecified atom stereocenters. The molecule has 1 atom stereocenters. The van der Waals surface area contributed by atoms with Gasteiger partial charge in [-0.05, 0) is 42.5 Å². The van der Waals surface area contributed by atoms with Crippen LogP contribution in [0.1, 0.15) is 12.5 Å². The average Bonchev–Trinajstić information content (AvgIpc) is 2.36. The molecule has 0 saturated carbocycles. The van der Waals surface area contributed by atoms with Gasteiger partial charge in [0.05, 0.1) is 5.56 Å². The van der Waals surface area contributed by atoms with Crippen LogP contribution in [0, 0.1) is 6.57 Å². The van der Waals surface area contributed by atoms with Gasteiger partial charge in [-0.1, -0.05) is 30.3 Å². The van der Waals surface area contributed by atoms with Crippen LogP contribution in [0.3, 0.4) is 0 Å². The summed E-state index contributed by atoms with van der Waals surface area (Å²) in [7, 11) is -1.78. The lowest BCUT2D eigenvalue weighted by Crippen LogP contribution is -2.36. The monoisotopic (exact) mass is 269 g/mol. The maximum Gasteiger partial charge on any atom is 0.352 e. The molecule has 0 heterocycles. The summed E-state index contributed by atoms with van der Waals surface area (Å²) in [5.41, 5.74) is 0.0535. The standard InChI is InChI=1S/C16H19NOSi/c1-16(17-2,18-19(3,4)5)15-11-10-13-8-6-7-9-14(13)12-15/h6-12H,1,3-5H3. The summed E-state index contributed by atoms with van der Waals surface area (Å²) in [6.45, 7) is 15.7. The summed E-state index contributed by atoms with van der Waals surface area (Å²) in [6, 6.07) is 14.3. The largest absolute Gasteiger partial charge is 0.352 e. The number of hydrogen-bond acceptors (Lipinski definition) is 1. The third-order valence-corrected chi connectivity index (χ3v) is 4.01. The molecule has 0 bridgehead atoms. The first-order valence-electron chi connectivity index (χ1n) is 6.42. The van der Waals surface area contributed by atoms with E-state index in [1.54, 1.807) is 0 Å². The number of nitrogens with zero attached hydrogens (tertiary/aromatic N) is 1. The molecule has 0 aliphatic rings. The van der Waals surface area contributed by atoms with Crippen molar-refractivity contribution in [2.45, 2.75) is 32.3 Å². The zero-order valence-corrected chi connectivity index (χ0v) is 12.9. The van der Waals surface area contributed by atoms with E-state index in [2.05, 4.69) is 48.8 Å². The van der Waals surface area contributed by atoms with Crippen molar-refractivity contribution in [3.8, 4) is 0 Å². The van der Waals surface area contributed by atoms with Gasteiger partial charge < -0.3 is 4.43 Å². The Kier molecular flexibility index (Phi) is 3.49. The van der Waals surface area contributed by atoms with Crippen molar-refractivity contribution in [1.82, 2.24) is 0 Å². The van der Waals surface area contributed by atoms with Crippen molar-refractivity contribution in [2.24, 2.45) is 0 Å². The van der Waals surface area contributed by atoms with Crippen molar-refractivity contribution in [1.29, 1.82) is 0 Å². The Labute approximate surface area is 116 Å². The Morgan fingerprint density at radius 2 is 1.68 bits per heavy atom. The van der Waals surface area contributed by atoms with Gasteiger partial charge >= 0.3 is 5.72 Å². The highest BCUT2D eigenvalue weighted by molar-refractivity contribution is 6.69. The van der Waals surface area contributed by atoms with Crippen LogP contribution in [-0.2, 0) is 10.2 Å². The molecule has 2 rings (SSSR count). The zero-order chi connectivity index (χ0) is 14.1. The Bertz CT molecular complexity index is 639. The molecule has 2 nitrogen and oxygen atoms in total. The first kappa shape index (κ1) is 13.8. The zero-order valence-electron chi connectivity index (χ0n) is 11.9. The van der Waals surface area contributed by atoms with E-state index in [-0.39, 0.29) is 0 Å². The van der Waals surface area contributed by atoms with Crippen molar-refractivity contribution in [3.63, 3.8) is 0 Å². The lowest BCUT2D eigenvalue weighted by Gasteiger charge is -2.26. The summed E-state index contributed by atoms with van der Waals surface area (Å²) in [4.78, 5) is 3.74. The molecule has 2 aromatic rings. The van der Waals surface area contributed by atoms with Gasteiger partial charge in [-0.2, -0.15) is 0 Å². The average molecular weight is 269 g/mol. The van der Waals surface area contributed by atoms with Gasteiger partial charge in [-0.15, -0.1) is 0 Å². The summed E-state index contributed by atoms with van der Waals surface area (Å²) in [5.74, 6) is 0. The fourth-order valence-corrected chi connectivity index (χ4v) is 3.58. The van der Waals surface area contributed by atoms with Crippen LogP contribution in [0.4, 0.5) is 0 Å². The molecule has 0 N–H and O–H groups in total. The van der Waals surface area contributed by atoms with E-state index in [0.717, 1.165) is 10.9 Å². The minimum Gasteiger partial charge on any atom is -0.347 e. The third-order valence-electron chi connectivity index (χ3n) is 3.00. The number of benzene rings is 2. The number of fused-ring (bicyclic) bond motifs is 1. The molecule has 0 amide bonds. The van der Waals surface area contributed by atoms with Crippen LogP contribution in [0.15, 0.2) is 42.5 Å². The Hall–Kier alpha value is -1.63. The number of rotatable bonds is 3. The van der Waals surface area contributed by atoms with Gasteiger partial charge in [0.25, 0.3) is 0 Å². The van der Waals surface area contributed by atoms with Crippen molar-refractivity contribution >= 4 is 19.1 Å². The molecule has 0 aliphatic heterocycles. The van der Waals surface area contributed by atoms with E-state index >= 15 is 0 Å². The molecule has 19 heavy (non-hydrogen) atoms. The number of hydrogen-bond donors (Lipinski definition) is 0. The van der Waals surface area contributed by atoms with Crippen molar-refractivity contribution in [2.75, 3.05) is 0 Å². The predicted octanol–water partition coefficient (Wildman–Crippen LogP) is 4.78. The smallest absolute Gasteiger partial charge is 0.347 e. The van der Waals surface area contributed by atoms with Crippen molar-refractivity contribution < 1.29 is 4.43 Å². The van der Waals surface area contributed by atoms with Gasteiger partial charge in [0.2, 0.25) is 0 Å². The van der Waals surface area contributed by atoms with Gasteiger partial charge in [0.15, 0.2) is 8.32 Å². The summed E-state index contributed by atoms with van der Waals surface area (Å²) in [5, 5.41) is 2.33. The lowest BCUT2D eigenvalue weighted by atomic mass is 10.0. The fraction of sp³-hybridized carbons (Fsp3) is 0.312. The SMILES string of the molecule is [C-]#[N+]C(C)(O[Si](C)(C)C)c1ccc2ccccc2c1. The Balaban J connectivity index is 2.49. The third kappa shape index (κ3) is 3.03. The minimum atomic E-state index is -1.78. The maximum atomic E-state index is 7.50. The molecule has 98 valence electrons. The highest BCUT2D eigenvalue weighted by Crippen LogP contribution is 2.32. The molecule has 0 radical (unpaired) electrons. The topological polar surface area (TPSA) is 13.6 Å². The molecule has 2 aromatic carbocycles. The second-order valence-electron chi connectivity index (χ2n) is 5.87. The molecule has 0 spiro atoms. The molecular weight excluding hydrogens is 250 g/mol. The highest BCUT2D eigenvalue weighted by Gasteiger charge is 2.39. The van der Waals surface area contributed by atoms with E-state index in [1.165, 1.54) is 5.39 Å². The normalized spacial score (nSPS) is 14.9. The lowest BCUT2D eigenvalue weighted by molar-refractivity contribution is 0.130. The Morgan fingerprint density at radius 3 is 2.26 bits per heavy atom.